The first-order chi connectivity index (χ1) is 6.11. The monoisotopic (exact) mass is 258 g/mol. The molecule has 0 bridgehead atoms. The molecule has 0 aliphatic carbocycles. The molecular formula is C10H8BrClO. The van der Waals surface area contributed by atoms with Crippen LogP contribution in [0.1, 0.15) is 12.5 Å². The van der Waals surface area contributed by atoms with Crippen molar-refractivity contribution in [2.24, 2.45) is 0 Å². The zero-order valence-corrected chi connectivity index (χ0v) is 9.39. The predicted octanol–water partition coefficient (Wildman–Crippen LogP) is 3.62. The SMILES string of the molecule is CC(=CC(=O)Cl)c1ccccc1Br. The molecule has 1 aromatic carbocycles. The molecule has 0 radical (unpaired) electrons. The average Bonchev–Trinajstić information content (AvgIpc) is 2.03. The minimum absolute atomic E-state index is 0.451. The van der Waals surface area contributed by atoms with Crippen LogP contribution in [0.25, 0.3) is 5.57 Å². The number of hydrogen-bond acceptors (Lipinski definition) is 1. The van der Waals surface area contributed by atoms with Crippen molar-refractivity contribution >= 4 is 38.3 Å². The Hall–Kier alpha value is -0.600. The fraction of sp³-hybridized carbons (Fsp3) is 0.100. The fourth-order valence-corrected chi connectivity index (χ4v) is 1.79. The van der Waals surface area contributed by atoms with E-state index in [2.05, 4.69) is 15.9 Å². The number of carbonyl (C=O) groups excluding carboxylic acids is 1. The van der Waals surface area contributed by atoms with E-state index in [0.717, 1.165) is 15.6 Å². The van der Waals surface area contributed by atoms with E-state index in [-0.39, 0.29) is 0 Å². The molecule has 0 aromatic heterocycles. The van der Waals surface area contributed by atoms with Gasteiger partial charge in [-0.15, -0.1) is 0 Å². The lowest BCUT2D eigenvalue weighted by Gasteiger charge is -2.02. The molecule has 1 aromatic rings. The van der Waals surface area contributed by atoms with Crippen LogP contribution in [-0.2, 0) is 4.79 Å². The highest BCUT2D eigenvalue weighted by Gasteiger charge is 2.01. The van der Waals surface area contributed by atoms with Gasteiger partial charge in [0.1, 0.15) is 0 Å². The molecule has 0 N–H and O–H groups in total. The maximum Gasteiger partial charge on any atom is 0.245 e. The summed E-state index contributed by atoms with van der Waals surface area (Å²) in [5, 5.41) is -0.451. The second-order valence-electron chi connectivity index (χ2n) is 2.61. The number of halogens is 2. The molecule has 0 fully saturated rings. The van der Waals surface area contributed by atoms with Crippen LogP contribution in [0, 0.1) is 0 Å². The molecule has 0 saturated carbocycles. The smallest absolute Gasteiger partial charge is 0.245 e. The molecule has 1 rings (SSSR count). The summed E-state index contributed by atoms with van der Waals surface area (Å²) in [6.45, 7) is 1.85. The van der Waals surface area contributed by atoms with Gasteiger partial charge in [-0.2, -0.15) is 0 Å². The Kier molecular flexibility index (Phi) is 3.70. The van der Waals surface area contributed by atoms with E-state index in [4.69, 9.17) is 11.6 Å². The molecule has 3 heteroatoms. The summed E-state index contributed by atoms with van der Waals surface area (Å²) < 4.78 is 0.960. The van der Waals surface area contributed by atoms with Crippen molar-refractivity contribution in [2.75, 3.05) is 0 Å². The molecule has 0 saturated heterocycles. The molecule has 0 amide bonds. The predicted molar refractivity (Wildman–Crippen MR) is 58.7 cm³/mol. The van der Waals surface area contributed by atoms with E-state index in [1.165, 1.54) is 6.08 Å². The van der Waals surface area contributed by atoms with Gasteiger partial charge in [-0.1, -0.05) is 34.1 Å². The quantitative estimate of drug-likeness (QED) is 0.586. The summed E-state index contributed by atoms with van der Waals surface area (Å²) in [6, 6.07) is 7.68. The zero-order chi connectivity index (χ0) is 9.84. The molecule has 0 atom stereocenters. The van der Waals surface area contributed by atoms with E-state index in [0.29, 0.717) is 0 Å². The second-order valence-corrected chi connectivity index (χ2v) is 3.84. The molecule has 0 spiro atoms. The van der Waals surface area contributed by atoms with Crippen LogP contribution in [0.2, 0.25) is 0 Å². The molecule has 0 aliphatic heterocycles. The lowest BCUT2D eigenvalue weighted by molar-refractivity contribution is -0.107. The molecule has 0 heterocycles. The van der Waals surface area contributed by atoms with Crippen molar-refractivity contribution in [3.05, 3.63) is 40.4 Å². The third-order valence-corrected chi connectivity index (χ3v) is 2.43. The Morgan fingerprint density at radius 1 is 1.46 bits per heavy atom. The van der Waals surface area contributed by atoms with E-state index in [1.807, 2.05) is 31.2 Å². The molecule has 1 nitrogen and oxygen atoms in total. The summed E-state index contributed by atoms with van der Waals surface area (Å²) in [5.41, 5.74) is 1.84. The van der Waals surface area contributed by atoms with E-state index in [9.17, 15) is 4.79 Å². The largest absolute Gasteiger partial charge is 0.276 e. The van der Waals surface area contributed by atoms with Crippen molar-refractivity contribution in [2.45, 2.75) is 6.92 Å². The first-order valence-corrected chi connectivity index (χ1v) is 4.91. The van der Waals surface area contributed by atoms with Gasteiger partial charge in [0, 0.05) is 10.5 Å². The Balaban J connectivity index is 3.08. The van der Waals surface area contributed by atoms with Crippen molar-refractivity contribution < 1.29 is 4.79 Å². The van der Waals surface area contributed by atoms with Gasteiger partial charge in [-0.05, 0) is 35.7 Å². The summed E-state index contributed by atoms with van der Waals surface area (Å²) in [4.78, 5) is 10.6. The maximum atomic E-state index is 10.6. The normalized spacial score (nSPS) is 11.5. The lowest BCUT2D eigenvalue weighted by atomic mass is 10.1. The van der Waals surface area contributed by atoms with Gasteiger partial charge in [0.25, 0.3) is 0 Å². The first-order valence-electron chi connectivity index (χ1n) is 3.74. The van der Waals surface area contributed by atoms with Gasteiger partial charge in [0.15, 0.2) is 0 Å². The second kappa shape index (κ2) is 4.58. The van der Waals surface area contributed by atoms with E-state index >= 15 is 0 Å². The van der Waals surface area contributed by atoms with E-state index < -0.39 is 5.24 Å². The topological polar surface area (TPSA) is 17.1 Å². The van der Waals surface area contributed by atoms with Gasteiger partial charge < -0.3 is 0 Å². The average molecular weight is 260 g/mol. The molecule has 13 heavy (non-hydrogen) atoms. The molecule has 68 valence electrons. The first kappa shape index (κ1) is 10.5. The van der Waals surface area contributed by atoms with Gasteiger partial charge in [-0.25, -0.2) is 0 Å². The van der Waals surface area contributed by atoms with Crippen LogP contribution in [0.15, 0.2) is 34.8 Å². The van der Waals surface area contributed by atoms with Gasteiger partial charge in [0.05, 0.1) is 0 Å². The van der Waals surface area contributed by atoms with Crippen LogP contribution in [-0.4, -0.2) is 5.24 Å². The third-order valence-electron chi connectivity index (χ3n) is 1.63. The van der Waals surface area contributed by atoms with Gasteiger partial charge in [0.2, 0.25) is 5.24 Å². The van der Waals surface area contributed by atoms with Crippen LogP contribution in [0.3, 0.4) is 0 Å². The minimum atomic E-state index is -0.451. The zero-order valence-electron chi connectivity index (χ0n) is 7.05. The summed E-state index contributed by atoms with van der Waals surface area (Å²) >= 11 is 8.64. The summed E-state index contributed by atoms with van der Waals surface area (Å²) in [6.07, 6.45) is 1.40. The van der Waals surface area contributed by atoms with Crippen molar-refractivity contribution in [3.8, 4) is 0 Å². The fourth-order valence-electron chi connectivity index (χ4n) is 1.03. The number of carbonyl (C=O) groups is 1. The van der Waals surface area contributed by atoms with Crippen molar-refractivity contribution in [1.82, 2.24) is 0 Å². The number of hydrogen-bond donors (Lipinski definition) is 0. The van der Waals surface area contributed by atoms with Crippen LogP contribution in [0.4, 0.5) is 0 Å². The highest BCUT2D eigenvalue weighted by atomic mass is 79.9. The highest BCUT2D eigenvalue weighted by molar-refractivity contribution is 9.10. The Morgan fingerprint density at radius 3 is 2.62 bits per heavy atom. The molecule has 0 unspecified atom stereocenters. The molecule has 0 aliphatic rings. The highest BCUT2D eigenvalue weighted by Crippen LogP contribution is 2.23. The van der Waals surface area contributed by atoms with Crippen LogP contribution < -0.4 is 0 Å². The van der Waals surface area contributed by atoms with Crippen LogP contribution in [0.5, 0.6) is 0 Å². The Bertz CT molecular complexity index is 358. The lowest BCUT2D eigenvalue weighted by Crippen LogP contribution is -1.84. The van der Waals surface area contributed by atoms with Crippen LogP contribution >= 0.6 is 27.5 Å². The Morgan fingerprint density at radius 2 is 2.08 bits per heavy atom. The maximum absolute atomic E-state index is 10.6. The van der Waals surface area contributed by atoms with Crippen molar-refractivity contribution in [1.29, 1.82) is 0 Å². The summed E-state index contributed by atoms with van der Waals surface area (Å²) in [7, 11) is 0. The van der Waals surface area contributed by atoms with Gasteiger partial charge >= 0.3 is 0 Å². The number of benzene rings is 1. The van der Waals surface area contributed by atoms with Crippen molar-refractivity contribution in [3.63, 3.8) is 0 Å². The summed E-state index contributed by atoms with van der Waals surface area (Å²) in [5.74, 6) is 0. The number of rotatable bonds is 2. The third kappa shape index (κ3) is 2.98. The number of allylic oxidation sites excluding steroid dienone is 2. The standard InChI is InChI=1S/C10H8BrClO/c1-7(6-10(12)13)8-4-2-3-5-9(8)11/h2-6H,1H3. The molecular weight excluding hydrogens is 251 g/mol. The Labute approximate surface area is 90.5 Å². The van der Waals surface area contributed by atoms with E-state index in [1.54, 1.807) is 0 Å². The minimum Gasteiger partial charge on any atom is -0.276 e. The van der Waals surface area contributed by atoms with Gasteiger partial charge in [-0.3, -0.25) is 4.79 Å².